The van der Waals surface area contributed by atoms with Gasteiger partial charge in [0.25, 0.3) is 5.91 Å². The minimum Gasteiger partial charge on any atom is -0.480 e. The lowest BCUT2D eigenvalue weighted by Crippen LogP contribution is -2.41. The summed E-state index contributed by atoms with van der Waals surface area (Å²) >= 11 is 0. The fourth-order valence-electron chi connectivity index (χ4n) is 1.58. The van der Waals surface area contributed by atoms with E-state index in [0.29, 0.717) is 11.5 Å². The van der Waals surface area contributed by atoms with Crippen LogP contribution in [0.25, 0.3) is 0 Å². The molecule has 2 amide bonds. The van der Waals surface area contributed by atoms with Crippen LogP contribution in [0.15, 0.2) is 4.52 Å². The van der Waals surface area contributed by atoms with E-state index >= 15 is 0 Å². The maximum absolute atomic E-state index is 11.9. The van der Waals surface area contributed by atoms with E-state index in [1.54, 1.807) is 13.8 Å². The van der Waals surface area contributed by atoms with E-state index < -0.39 is 23.8 Å². The van der Waals surface area contributed by atoms with Crippen LogP contribution in [-0.4, -0.2) is 34.1 Å². The van der Waals surface area contributed by atoms with Crippen LogP contribution in [-0.2, 0) is 9.59 Å². The standard InChI is InChI=1S/C11H15N3O5/c1-5-9(6(2)19-14-5)10(16)13-7(11(17)18)3-4-8(12)15/h7H,3-4H2,1-2H3,(H2,12,15)(H,13,16)(H,17,18). The molecule has 1 rings (SSSR count). The summed E-state index contributed by atoms with van der Waals surface area (Å²) in [6.07, 6.45) is -0.196. The second kappa shape index (κ2) is 5.98. The summed E-state index contributed by atoms with van der Waals surface area (Å²) in [5, 5.41) is 14.9. The van der Waals surface area contributed by atoms with Gasteiger partial charge in [0, 0.05) is 6.42 Å². The third-order valence-corrected chi connectivity index (χ3v) is 2.54. The Morgan fingerprint density at radius 1 is 1.42 bits per heavy atom. The lowest BCUT2D eigenvalue weighted by atomic mass is 10.1. The highest BCUT2D eigenvalue weighted by molar-refractivity contribution is 5.98. The number of carboxylic acid groups (broad SMARTS) is 1. The van der Waals surface area contributed by atoms with Crippen molar-refractivity contribution in [2.75, 3.05) is 0 Å². The van der Waals surface area contributed by atoms with Gasteiger partial charge in [-0.25, -0.2) is 4.79 Å². The lowest BCUT2D eigenvalue weighted by molar-refractivity contribution is -0.139. The predicted molar refractivity (Wildman–Crippen MR) is 63.3 cm³/mol. The van der Waals surface area contributed by atoms with Crippen LogP contribution in [0.2, 0.25) is 0 Å². The molecule has 19 heavy (non-hydrogen) atoms. The average molecular weight is 269 g/mol. The van der Waals surface area contributed by atoms with Crippen LogP contribution in [0.3, 0.4) is 0 Å². The maximum Gasteiger partial charge on any atom is 0.326 e. The molecular weight excluding hydrogens is 254 g/mol. The number of carboxylic acids is 1. The molecule has 8 nitrogen and oxygen atoms in total. The number of aromatic nitrogens is 1. The first-order chi connectivity index (χ1) is 8.82. The molecule has 0 saturated heterocycles. The second-order valence-electron chi connectivity index (χ2n) is 4.07. The van der Waals surface area contributed by atoms with E-state index in [1.807, 2.05) is 0 Å². The number of amides is 2. The molecule has 0 radical (unpaired) electrons. The van der Waals surface area contributed by atoms with Crippen LogP contribution in [0, 0.1) is 13.8 Å². The Balaban J connectivity index is 2.77. The number of primary amides is 1. The van der Waals surface area contributed by atoms with Crippen molar-refractivity contribution in [2.45, 2.75) is 32.7 Å². The monoisotopic (exact) mass is 269 g/mol. The summed E-state index contributed by atoms with van der Waals surface area (Å²) in [4.78, 5) is 33.5. The van der Waals surface area contributed by atoms with Crippen molar-refractivity contribution >= 4 is 17.8 Å². The summed E-state index contributed by atoms with van der Waals surface area (Å²) in [6.45, 7) is 3.12. The van der Waals surface area contributed by atoms with Crippen LogP contribution < -0.4 is 11.1 Å². The molecule has 0 aromatic carbocycles. The van der Waals surface area contributed by atoms with Gasteiger partial charge < -0.3 is 20.7 Å². The number of rotatable bonds is 6. The highest BCUT2D eigenvalue weighted by Gasteiger charge is 2.24. The molecule has 1 atom stereocenters. The first kappa shape index (κ1) is 14.7. The van der Waals surface area contributed by atoms with Gasteiger partial charge >= 0.3 is 5.97 Å². The molecule has 0 aliphatic carbocycles. The molecule has 1 unspecified atom stereocenters. The Hall–Kier alpha value is -2.38. The molecule has 1 aromatic rings. The molecule has 0 spiro atoms. The summed E-state index contributed by atoms with van der Waals surface area (Å²) < 4.78 is 4.82. The molecule has 1 aromatic heterocycles. The molecule has 0 aliphatic heterocycles. The number of aliphatic carboxylic acids is 1. The average Bonchev–Trinajstić information content (AvgIpc) is 2.63. The summed E-state index contributed by atoms with van der Waals surface area (Å²) in [7, 11) is 0. The van der Waals surface area contributed by atoms with E-state index in [1.165, 1.54) is 0 Å². The van der Waals surface area contributed by atoms with E-state index in [-0.39, 0.29) is 18.4 Å². The van der Waals surface area contributed by atoms with E-state index in [0.717, 1.165) is 0 Å². The number of carbonyl (C=O) groups excluding carboxylic acids is 2. The molecule has 0 bridgehead atoms. The Morgan fingerprint density at radius 2 is 2.05 bits per heavy atom. The highest BCUT2D eigenvalue weighted by atomic mass is 16.5. The number of hydrogen-bond acceptors (Lipinski definition) is 5. The second-order valence-corrected chi connectivity index (χ2v) is 4.07. The fraction of sp³-hybridized carbons (Fsp3) is 0.455. The first-order valence-electron chi connectivity index (χ1n) is 5.57. The fourth-order valence-corrected chi connectivity index (χ4v) is 1.58. The molecule has 0 fully saturated rings. The van der Waals surface area contributed by atoms with Crippen molar-refractivity contribution in [3.63, 3.8) is 0 Å². The van der Waals surface area contributed by atoms with Crippen LogP contribution >= 0.6 is 0 Å². The molecule has 104 valence electrons. The van der Waals surface area contributed by atoms with Crippen molar-refractivity contribution in [1.29, 1.82) is 0 Å². The van der Waals surface area contributed by atoms with Gasteiger partial charge in [0.2, 0.25) is 5.91 Å². The SMILES string of the molecule is Cc1noc(C)c1C(=O)NC(CCC(N)=O)C(=O)O. The molecule has 4 N–H and O–H groups in total. The minimum absolute atomic E-state index is 0.0697. The van der Waals surface area contributed by atoms with Crippen molar-refractivity contribution < 1.29 is 24.0 Å². The number of nitrogens with two attached hydrogens (primary N) is 1. The first-order valence-corrected chi connectivity index (χ1v) is 5.57. The van der Waals surface area contributed by atoms with Gasteiger partial charge in [0.15, 0.2) is 0 Å². The molecule has 0 saturated carbocycles. The van der Waals surface area contributed by atoms with Crippen molar-refractivity contribution in [3.05, 3.63) is 17.0 Å². The number of hydrogen-bond donors (Lipinski definition) is 3. The third-order valence-electron chi connectivity index (χ3n) is 2.54. The van der Waals surface area contributed by atoms with Crippen molar-refractivity contribution in [2.24, 2.45) is 5.73 Å². The third kappa shape index (κ3) is 3.80. The van der Waals surface area contributed by atoms with Gasteiger partial charge in [-0.05, 0) is 20.3 Å². The molecule has 0 aliphatic rings. The lowest BCUT2D eigenvalue weighted by Gasteiger charge is -2.13. The zero-order valence-corrected chi connectivity index (χ0v) is 10.6. The van der Waals surface area contributed by atoms with Crippen LogP contribution in [0.5, 0.6) is 0 Å². The zero-order chi connectivity index (χ0) is 14.6. The van der Waals surface area contributed by atoms with Crippen LogP contribution in [0.1, 0.15) is 34.7 Å². The minimum atomic E-state index is -1.23. The molecular formula is C11H15N3O5. The van der Waals surface area contributed by atoms with Crippen molar-refractivity contribution in [1.82, 2.24) is 10.5 Å². The maximum atomic E-state index is 11.9. The van der Waals surface area contributed by atoms with Crippen molar-refractivity contribution in [3.8, 4) is 0 Å². The Morgan fingerprint density at radius 3 is 2.47 bits per heavy atom. The molecule has 8 heteroatoms. The van der Waals surface area contributed by atoms with Gasteiger partial charge in [0.1, 0.15) is 17.4 Å². The molecule has 1 heterocycles. The quantitative estimate of drug-likeness (QED) is 0.651. The van der Waals surface area contributed by atoms with Gasteiger partial charge in [0.05, 0.1) is 5.69 Å². The topological polar surface area (TPSA) is 136 Å². The smallest absolute Gasteiger partial charge is 0.326 e. The van der Waals surface area contributed by atoms with Gasteiger partial charge in [-0.15, -0.1) is 0 Å². The predicted octanol–water partition coefficient (Wildman–Crippen LogP) is -0.260. The summed E-state index contributed by atoms with van der Waals surface area (Å²) in [6, 6.07) is -1.19. The number of carbonyl (C=O) groups is 3. The number of nitrogens with zero attached hydrogens (tertiary/aromatic N) is 1. The van der Waals surface area contributed by atoms with Gasteiger partial charge in [-0.3, -0.25) is 9.59 Å². The van der Waals surface area contributed by atoms with Gasteiger partial charge in [-0.1, -0.05) is 5.16 Å². The highest BCUT2D eigenvalue weighted by Crippen LogP contribution is 2.12. The summed E-state index contributed by atoms with van der Waals surface area (Å²) in [5.74, 6) is -2.17. The van der Waals surface area contributed by atoms with Gasteiger partial charge in [-0.2, -0.15) is 0 Å². The number of aryl methyl sites for hydroxylation is 2. The zero-order valence-electron chi connectivity index (χ0n) is 10.6. The summed E-state index contributed by atoms with van der Waals surface area (Å²) in [5.41, 5.74) is 5.51. The largest absolute Gasteiger partial charge is 0.480 e. The van der Waals surface area contributed by atoms with Crippen LogP contribution in [0.4, 0.5) is 0 Å². The van der Waals surface area contributed by atoms with E-state index in [2.05, 4.69) is 10.5 Å². The van der Waals surface area contributed by atoms with E-state index in [4.69, 9.17) is 15.4 Å². The Labute approximate surface area is 108 Å². The normalized spacial score (nSPS) is 11.9. The Kier molecular flexibility index (Phi) is 4.62. The number of nitrogens with one attached hydrogen (secondary N) is 1. The van der Waals surface area contributed by atoms with E-state index in [9.17, 15) is 14.4 Å². The Bertz CT molecular complexity index is 489.